The highest BCUT2D eigenvalue weighted by Gasteiger charge is 2.25. The van der Waals surface area contributed by atoms with Gasteiger partial charge in [0.05, 0.1) is 18.7 Å². The summed E-state index contributed by atoms with van der Waals surface area (Å²) in [4.78, 5) is 0. The quantitative estimate of drug-likeness (QED) is 0.833. The van der Waals surface area contributed by atoms with Crippen LogP contribution in [0.3, 0.4) is 0 Å². The summed E-state index contributed by atoms with van der Waals surface area (Å²) in [5.41, 5.74) is 1.65. The van der Waals surface area contributed by atoms with E-state index in [9.17, 15) is 5.11 Å². The molecule has 4 nitrogen and oxygen atoms in total. The first-order valence-corrected chi connectivity index (χ1v) is 7.17. The molecule has 1 fully saturated rings. The number of hydrogen-bond acceptors (Lipinski definition) is 4. The third kappa shape index (κ3) is 3.50. The zero-order valence-electron chi connectivity index (χ0n) is 11.9. The molecular formula is C16H22N2O2. The van der Waals surface area contributed by atoms with E-state index in [1.165, 1.54) is 12.8 Å². The molecule has 2 N–H and O–H groups in total. The molecular weight excluding hydrogens is 252 g/mol. The molecule has 1 aromatic rings. The highest BCUT2D eigenvalue weighted by Crippen LogP contribution is 2.30. The van der Waals surface area contributed by atoms with Crippen molar-refractivity contribution in [2.75, 3.05) is 20.3 Å². The number of ether oxygens (including phenoxy) is 1. The van der Waals surface area contributed by atoms with E-state index in [0.29, 0.717) is 30.6 Å². The molecule has 0 heterocycles. The van der Waals surface area contributed by atoms with E-state index < -0.39 is 0 Å². The summed E-state index contributed by atoms with van der Waals surface area (Å²) in [6.45, 7) is 1.89. The number of aliphatic hydroxyl groups is 1. The Morgan fingerprint density at radius 1 is 1.40 bits per heavy atom. The molecule has 0 aromatic heterocycles. The monoisotopic (exact) mass is 274 g/mol. The molecule has 2 atom stereocenters. The maximum absolute atomic E-state index is 9.32. The number of nitrogens with one attached hydrogen (secondary N) is 1. The lowest BCUT2D eigenvalue weighted by molar-refractivity contribution is 0.192. The van der Waals surface area contributed by atoms with Crippen molar-refractivity contribution in [1.82, 2.24) is 5.32 Å². The Morgan fingerprint density at radius 3 is 2.90 bits per heavy atom. The summed E-state index contributed by atoms with van der Waals surface area (Å²) in [6, 6.07) is 7.62. The number of benzene rings is 1. The van der Waals surface area contributed by atoms with Gasteiger partial charge in [-0.3, -0.25) is 0 Å². The van der Waals surface area contributed by atoms with Crippen molar-refractivity contribution in [1.29, 1.82) is 5.26 Å². The Bertz CT molecular complexity index is 482. The zero-order chi connectivity index (χ0) is 14.4. The molecule has 4 heteroatoms. The molecule has 20 heavy (non-hydrogen) atoms. The zero-order valence-corrected chi connectivity index (χ0v) is 11.9. The van der Waals surface area contributed by atoms with E-state index in [2.05, 4.69) is 11.4 Å². The summed E-state index contributed by atoms with van der Waals surface area (Å²) in [6.07, 6.45) is 3.54. The number of nitriles is 1. The summed E-state index contributed by atoms with van der Waals surface area (Å²) >= 11 is 0. The van der Waals surface area contributed by atoms with E-state index >= 15 is 0 Å². The Labute approximate surface area is 120 Å². The summed E-state index contributed by atoms with van der Waals surface area (Å²) in [5, 5.41) is 21.7. The molecule has 2 unspecified atom stereocenters. The topological polar surface area (TPSA) is 65.3 Å². The molecule has 1 aliphatic rings. The predicted octanol–water partition coefficient (Wildman–Crippen LogP) is 2.07. The molecule has 0 spiro atoms. The van der Waals surface area contributed by atoms with Gasteiger partial charge < -0.3 is 15.2 Å². The fourth-order valence-electron chi connectivity index (χ4n) is 3.00. The fourth-order valence-corrected chi connectivity index (χ4v) is 3.00. The van der Waals surface area contributed by atoms with E-state index in [-0.39, 0.29) is 0 Å². The van der Waals surface area contributed by atoms with Crippen molar-refractivity contribution >= 4 is 0 Å². The molecule has 0 bridgehead atoms. The van der Waals surface area contributed by atoms with Crippen molar-refractivity contribution in [2.24, 2.45) is 11.8 Å². The van der Waals surface area contributed by atoms with Gasteiger partial charge in [-0.25, -0.2) is 0 Å². The average molecular weight is 274 g/mol. The molecule has 1 aromatic carbocycles. The van der Waals surface area contributed by atoms with Crippen LogP contribution in [0.25, 0.3) is 0 Å². The number of nitrogens with zero attached hydrogens (tertiary/aromatic N) is 1. The molecule has 2 rings (SSSR count). The van der Waals surface area contributed by atoms with Gasteiger partial charge in [-0.15, -0.1) is 0 Å². The van der Waals surface area contributed by atoms with Crippen LogP contribution in [0, 0.1) is 23.2 Å². The molecule has 0 amide bonds. The van der Waals surface area contributed by atoms with Gasteiger partial charge >= 0.3 is 0 Å². The first-order chi connectivity index (χ1) is 9.78. The van der Waals surface area contributed by atoms with Crippen molar-refractivity contribution in [3.05, 3.63) is 29.3 Å². The van der Waals surface area contributed by atoms with Crippen LogP contribution < -0.4 is 10.1 Å². The highest BCUT2D eigenvalue weighted by atomic mass is 16.5. The Balaban J connectivity index is 1.92. The molecule has 0 aliphatic heterocycles. The van der Waals surface area contributed by atoms with Crippen LogP contribution in [0.4, 0.5) is 0 Å². The Morgan fingerprint density at radius 2 is 2.20 bits per heavy atom. The first kappa shape index (κ1) is 14.8. The van der Waals surface area contributed by atoms with Crippen molar-refractivity contribution in [3.8, 4) is 11.8 Å². The van der Waals surface area contributed by atoms with Gasteiger partial charge in [0.2, 0.25) is 0 Å². The third-order valence-electron chi connectivity index (χ3n) is 4.18. The van der Waals surface area contributed by atoms with Gasteiger partial charge in [-0.2, -0.15) is 5.26 Å². The molecule has 108 valence electrons. The second kappa shape index (κ2) is 7.28. The van der Waals surface area contributed by atoms with Crippen LogP contribution in [-0.4, -0.2) is 25.4 Å². The van der Waals surface area contributed by atoms with Crippen LogP contribution in [-0.2, 0) is 6.54 Å². The minimum absolute atomic E-state index is 0.291. The van der Waals surface area contributed by atoms with E-state index in [4.69, 9.17) is 10.00 Å². The minimum Gasteiger partial charge on any atom is -0.496 e. The molecule has 0 saturated heterocycles. The van der Waals surface area contributed by atoms with Crippen LogP contribution in [0.15, 0.2) is 18.2 Å². The lowest BCUT2D eigenvalue weighted by atomic mass is 9.97. The number of aliphatic hydroxyl groups excluding tert-OH is 1. The van der Waals surface area contributed by atoms with Crippen molar-refractivity contribution < 1.29 is 9.84 Å². The summed E-state index contributed by atoms with van der Waals surface area (Å²) in [7, 11) is 1.64. The average Bonchev–Trinajstić information content (AvgIpc) is 2.94. The fraction of sp³-hybridized carbons (Fsp3) is 0.562. The van der Waals surface area contributed by atoms with E-state index in [1.807, 2.05) is 12.1 Å². The predicted molar refractivity (Wildman–Crippen MR) is 77.3 cm³/mol. The normalized spacial score (nSPS) is 21.6. The standard InChI is InChI=1S/C16H22N2O2/c1-20-16-6-5-12(8-17)7-15(16)10-18-9-13-3-2-4-14(13)11-19/h5-7,13-14,18-19H,2-4,9-11H2,1H3. The van der Waals surface area contributed by atoms with Gasteiger partial charge in [0.15, 0.2) is 0 Å². The highest BCUT2D eigenvalue weighted by molar-refractivity contribution is 5.41. The van der Waals surface area contributed by atoms with Crippen molar-refractivity contribution in [3.63, 3.8) is 0 Å². The Hall–Kier alpha value is -1.57. The molecule has 0 radical (unpaired) electrons. The second-order valence-electron chi connectivity index (χ2n) is 5.40. The third-order valence-corrected chi connectivity index (χ3v) is 4.18. The molecule has 1 saturated carbocycles. The van der Waals surface area contributed by atoms with Crippen molar-refractivity contribution in [2.45, 2.75) is 25.8 Å². The van der Waals surface area contributed by atoms with Gasteiger partial charge in [-0.05, 0) is 49.4 Å². The van der Waals surface area contributed by atoms with Gasteiger partial charge in [0.1, 0.15) is 5.75 Å². The lowest BCUT2D eigenvalue weighted by Crippen LogP contribution is -2.26. The number of hydrogen-bond donors (Lipinski definition) is 2. The van der Waals surface area contributed by atoms with Gasteiger partial charge in [-0.1, -0.05) is 6.42 Å². The second-order valence-corrected chi connectivity index (χ2v) is 5.40. The largest absolute Gasteiger partial charge is 0.496 e. The number of methoxy groups -OCH3 is 1. The first-order valence-electron chi connectivity index (χ1n) is 7.17. The van der Waals surface area contributed by atoms with Crippen LogP contribution in [0.1, 0.15) is 30.4 Å². The van der Waals surface area contributed by atoms with Crippen LogP contribution in [0.2, 0.25) is 0 Å². The van der Waals surface area contributed by atoms with Crippen LogP contribution >= 0.6 is 0 Å². The SMILES string of the molecule is COc1ccc(C#N)cc1CNCC1CCCC1CO. The summed E-state index contributed by atoms with van der Waals surface area (Å²) in [5.74, 6) is 1.81. The minimum atomic E-state index is 0.291. The molecule has 1 aliphatic carbocycles. The van der Waals surface area contributed by atoms with Gasteiger partial charge in [0, 0.05) is 18.7 Å². The maximum atomic E-state index is 9.32. The lowest BCUT2D eigenvalue weighted by Gasteiger charge is -2.18. The van der Waals surface area contributed by atoms with Gasteiger partial charge in [0.25, 0.3) is 0 Å². The maximum Gasteiger partial charge on any atom is 0.123 e. The number of rotatable bonds is 6. The van der Waals surface area contributed by atoms with Crippen LogP contribution in [0.5, 0.6) is 5.75 Å². The summed E-state index contributed by atoms with van der Waals surface area (Å²) < 4.78 is 5.32. The van der Waals surface area contributed by atoms with E-state index in [0.717, 1.165) is 24.3 Å². The smallest absolute Gasteiger partial charge is 0.123 e. The Kier molecular flexibility index (Phi) is 5.40. The van der Waals surface area contributed by atoms with E-state index in [1.54, 1.807) is 13.2 Å².